The topological polar surface area (TPSA) is 156 Å². The first kappa shape index (κ1) is 29.5. The Bertz CT molecular complexity index is 1280. The van der Waals surface area contributed by atoms with Crippen LogP contribution in [-0.2, 0) is 25.4 Å². The Kier molecular flexibility index (Phi) is 9.83. The fourth-order valence-corrected chi connectivity index (χ4v) is 6.40. The van der Waals surface area contributed by atoms with E-state index in [1.807, 2.05) is 45.0 Å². The molecule has 0 bridgehead atoms. The summed E-state index contributed by atoms with van der Waals surface area (Å²) in [5.41, 5.74) is 6.55. The Morgan fingerprint density at radius 2 is 1.95 bits per heavy atom. The number of fused-ring (bicyclic) bond motifs is 1. The lowest BCUT2D eigenvalue weighted by Gasteiger charge is -2.33. The van der Waals surface area contributed by atoms with E-state index in [9.17, 15) is 9.36 Å². The first-order chi connectivity index (χ1) is 18.0. The largest absolute Gasteiger partial charge is 0.496 e. The number of para-hydroxylation sites is 1. The van der Waals surface area contributed by atoms with Crippen LogP contribution in [0.15, 0.2) is 36.9 Å². The molecule has 1 aromatic carbocycles. The van der Waals surface area contributed by atoms with Gasteiger partial charge in [-0.1, -0.05) is 25.1 Å². The van der Waals surface area contributed by atoms with Crippen LogP contribution < -0.4 is 20.6 Å². The van der Waals surface area contributed by atoms with Gasteiger partial charge in [-0.25, -0.2) is 25.1 Å². The monoisotopic (exact) mass is 547 g/mol. The average molecular weight is 548 g/mol. The van der Waals surface area contributed by atoms with Crippen molar-refractivity contribution in [1.82, 2.24) is 29.7 Å². The van der Waals surface area contributed by atoms with E-state index in [1.165, 1.54) is 6.33 Å². The second-order valence-corrected chi connectivity index (χ2v) is 11.9. The van der Waals surface area contributed by atoms with Crippen molar-refractivity contribution >= 4 is 30.4 Å². The second kappa shape index (κ2) is 12.7. The molecule has 38 heavy (non-hydrogen) atoms. The highest BCUT2D eigenvalue weighted by Gasteiger charge is 2.38. The summed E-state index contributed by atoms with van der Waals surface area (Å²) in [6.07, 6.45) is 3.10. The van der Waals surface area contributed by atoms with E-state index in [4.69, 9.17) is 19.9 Å². The van der Waals surface area contributed by atoms with Crippen molar-refractivity contribution in [2.45, 2.75) is 65.3 Å². The van der Waals surface area contributed by atoms with Crippen molar-refractivity contribution < 1.29 is 23.6 Å². The number of hydrogen-bond acceptors (Lipinski definition) is 9. The number of aromatic nitrogens is 4. The standard InChI is InChI=1S/C25H38N7O5P/c1-7-12-36-24(33)25(4,5)31-38(34,30-18(3)19-10-8-9-11-20(19)35-6)16-37-17(2)13-32-15-29-21-22(26)27-14-28-23(21)32/h8-11,14-15,17-18H,7,12-13,16H2,1-6H3,(H2,26,27,28)(H2,30,31,34)/t17?,18-,38?/m0/s1. The Balaban J connectivity index is 1.79. The number of anilines is 1. The molecule has 4 N–H and O–H groups in total. The zero-order valence-electron chi connectivity index (χ0n) is 22.8. The number of methoxy groups -OCH3 is 1. The maximum atomic E-state index is 14.3. The van der Waals surface area contributed by atoms with E-state index in [1.54, 1.807) is 31.9 Å². The number of imidazole rings is 1. The molecule has 0 aliphatic heterocycles. The van der Waals surface area contributed by atoms with Gasteiger partial charge in [-0.05, 0) is 40.2 Å². The normalized spacial score (nSPS) is 15.1. The van der Waals surface area contributed by atoms with Crippen LogP contribution in [0.25, 0.3) is 11.2 Å². The molecular weight excluding hydrogens is 509 g/mol. The van der Waals surface area contributed by atoms with Crippen molar-refractivity contribution in [1.29, 1.82) is 0 Å². The molecule has 2 heterocycles. The Hall–Kier alpha value is -3.05. The predicted octanol–water partition coefficient (Wildman–Crippen LogP) is 3.65. The number of carbonyl (C=O) groups is 1. The Morgan fingerprint density at radius 1 is 1.21 bits per heavy atom. The van der Waals surface area contributed by atoms with Crippen LogP contribution in [-0.4, -0.2) is 57.2 Å². The summed E-state index contributed by atoms with van der Waals surface area (Å²) in [6, 6.07) is 7.08. The number of nitrogen functional groups attached to an aromatic ring is 1. The smallest absolute Gasteiger partial charge is 0.326 e. The Labute approximate surface area is 223 Å². The lowest BCUT2D eigenvalue weighted by Crippen LogP contribution is -2.49. The van der Waals surface area contributed by atoms with Crippen molar-refractivity contribution in [2.75, 3.05) is 25.8 Å². The van der Waals surface area contributed by atoms with Crippen LogP contribution in [0.5, 0.6) is 5.75 Å². The zero-order valence-corrected chi connectivity index (χ0v) is 23.7. The fraction of sp³-hybridized carbons (Fsp3) is 0.520. The molecule has 208 valence electrons. The summed E-state index contributed by atoms with van der Waals surface area (Å²) in [6.45, 7) is 9.58. The van der Waals surface area contributed by atoms with Crippen molar-refractivity contribution in [3.05, 3.63) is 42.5 Å². The highest BCUT2D eigenvalue weighted by Crippen LogP contribution is 2.43. The van der Waals surface area contributed by atoms with Gasteiger partial charge in [0.05, 0.1) is 32.7 Å². The van der Waals surface area contributed by atoms with Gasteiger partial charge in [-0.2, -0.15) is 0 Å². The number of esters is 1. The number of hydrogen-bond donors (Lipinski definition) is 3. The number of nitrogens with one attached hydrogen (secondary N) is 2. The first-order valence-electron chi connectivity index (χ1n) is 12.5. The fourth-order valence-electron chi connectivity index (χ4n) is 3.97. The van der Waals surface area contributed by atoms with Gasteiger partial charge in [0.2, 0.25) is 7.44 Å². The number of ether oxygens (including phenoxy) is 3. The molecule has 0 fully saturated rings. The molecule has 0 amide bonds. The maximum absolute atomic E-state index is 14.3. The molecular formula is C25H38N7O5P. The summed E-state index contributed by atoms with van der Waals surface area (Å²) in [5, 5.41) is 6.19. The molecule has 13 heteroatoms. The van der Waals surface area contributed by atoms with Crippen molar-refractivity contribution in [3.8, 4) is 5.75 Å². The van der Waals surface area contributed by atoms with E-state index in [0.717, 1.165) is 5.56 Å². The van der Waals surface area contributed by atoms with Gasteiger partial charge >= 0.3 is 5.97 Å². The van der Waals surface area contributed by atoms with E-state index >= 15 is 0 Å². The highest BCUT2D eigenvalue weighted by molar-refractivity contribution is 7.59. The third kappa shape index (κ3) is 7.28. The third-order valence-electron chi connectivity index (χ3n) is 5.84. The van der Waals surface area contributed by atoms with Crippen LogP contribution in [0.4, 0.5) is 5.82 Å². The summed E-state index contributed by atoms with van der Waals surface area (Å²) >= 11 is 0. The quantitative estimate of drug-likeness (QED) is 0.200. The number of carbonyl (C=O) groups excluding carboxylic acids is 1. The van der Waals surface area contributed by atoms with Crippen molar-refractivity contribution in [3.63, 3.8) is 0 Å². The lowest BCUT2D eigenvalue weighted by molar-refractivity contribution is -0.149. The molecule has 3 aromatic rings. The van der Waals surface area contributed by atoms with E-state index in [2.05, 4.69) is 25.1 Å². The minimum Gasteiger partial charge on any atom is -0.496 e. The predicted molar refractivity (Wildman–Crippen MR) is 146 cm³/mol. The van der Waals surface area contributed by atoms with Crippen molar-refractivity contribution in [2.24, 2.45) is 0 Å². The van der Waals surface area contributed by atoms with Gasteiger partial charge < -0.3 is 24.5 Å². The van der Waals surface area contributed by atoms with Crippen LogP contribution in [0, 0.1) is 0 Å². The van der Waals surface area contributed by atoms with Gasteiger partial charge in [0, 0.05) is 11.6 Å². The SMILES string of the molecule is CCCOC(=O)C(C)(C)NP(=O)(COC(C)Cn1cnc2c(N)ncnc21)N[C@@H](C)c1ccccc1OC. The summed E-state index contributed by atoms with van der Waals surface area (Å²) in [7, 11) is -1.95. The number of nitrogens with two attached hydrogens (primary N) is 1. The molecule has 12 nitrogen and oxygen atoms in total. The molecule has 0 aliphatic rings. The molecule has 0 saturated heterocycles. The van der Waals surface area contributed by atoms with Crippen LogP contribution in [0.3, 0.4) is 0 Å². The summed E-state index contributed by atoms with van der Waals surface area (Å²) in [4.78, 5) is 25.2. The molecule has 0 saturated carbocycles. The van der Waals surface area contributed by atoms with Crippen LogP contribution in [0.2, 0.25) is 0 Å². The number of nitrogens with zero attached hydrogens (tertiary/aromatic N) is 4. The molecule has 0 spiro atoms. The maximum Gasteiger partial charge on any atom is 0.326 e. The van der Waals surface area contributed by atoms with E-state index < -0.39 is 19.0 Å². The molecule has 0 radical (unpaired) electrons. The summed E-state index contributed by atoms with van der Waals surface area (Å²) in [5.74, 6) is 0.451. The number of benzene rings is 1. The molecule has 0 aliphatic carbocycles. The molecule has 3 rings (SSSR count). The van der Waals surface area contributed by atoms with Gasteiger partial charge in [0.25, 0.3) is 0 Å². The summed E-state index contributed by atoms with van der Waals surface area (Å²) < 4.78 is 33.0. The van der Waals surface area contributed by atoms with Gasteiger partial charge in [0.15, 0.2) is 11.5 Å². The van der Waals surface area contributed by atoms with Gasteiger partial charge in [0.1, 0.15) is 29.5 Å². The molecule has 2 unspecified atom stereocenters. The number of rotatable bonds is 14. The van der Waals surface area contributed by atoms with Crippen LogP contribution >= 0.6 is 7.44 Å². The lowest BCUT2D eigenvalue weighted by atomic mass is 10.1. The minimum atomic E-state index is -3.53. The molecule has 2 aromatic heterocycles. The molecule has 3 atom stereocenters. The van der Waals surface area contributed by atoms with E-state index in [-0.39, 0.29) is 25.1 Å². The highest BCUT2D eigenvalue weighted by atomic mass is 31.2. The second-order valence-electron chi connectivity index (χ2n) is 9.64. The first-order valence-corrected chi connectivity index (χ1v) is 14.4. The van der Waals surface area contributed by atoms with Crippen LogP contribution in [0.1, 0.15) is 52.6 Å². The Morgan fingerprint density at radius 3 is 2.66 bits per heavy atom. The minimum absolute atomic E-state index is 0.193. The third-order valence-corrected chi connectivity index (χ3v) is 8.08. The zero-order chi connectivity index (χ0) is 27.9. The van der Waals surface area contributed by atoms with Gasteiger partial charge in [-0.3, -0.25) is 9.36 Å². The van der Waals surface area contributed by atoms with E-state index in [0.29, 0.717) is 35.7 Å². The van der Waals surface area contributed by atoms with Gasteiger partial charge in [-0.15, -0.1) is 0 Å². The average Bonchev–Trinajstić information content (AvgIpc) is 3.29.